The van der Waals surface area contributed by atoms with E-state index < -0.39 is 0 Å². The summed E-state index contributed by atoms with van der Waals surface area (Å²) in [6.45, 7) is 3.09. The molecule has 0 spiro atoms. The normalized spacial score (nSPS) is 10.6. The maximum Gasteiger partial charge on any atom is 0.321 e. The molecule has 0 unspecified atom stereocenters. The molecule has 4 aromatic carbocycles. The van der Waals surface area contributed by atoms with Gasteiger partial charge in [0.15, 0.2) is 0 Å². The fraction of sp³-hybridized carbons (Fsp3) is 0.212. The minimum Gasteiger partial charge on any atom is -0.426 e. The number of rotatable bonds is 12. The SMILES string of the molecule is CCCC(=O)Oc1cccc(Sc2ccc(N(CCc3ccccc3)C(=O)NCCc3ccccc3)cc2)c1. The van der Waals surface area contributed by atoms with Crippen molar-refractivity contribution in [2.45, 2.75) is 42.4 Å². The molecule has 0 aromatic heterocycles. The molecule has 0 saturated carbocycles. The molecular formula is C33H34N2O3S. The van der Waals surface area contributed by atoms with Crippen molar-refractivity contribution in [3.8, 4) is 5.75 Å². The van der Waals surface area contributed by atoms with Crippen molar-refractivity contribution in [1.82, 2.24) is 5.32 Å². The van der Waals surface area contributed by atoms with E-state index in [1.54, 1.807) is 22.7 Å². The first-order valence-corrected chi connectivity index (χ1v) is 14.1. The fourth-order valence-electron chi connectivity index (χ4n) is 4.11. The second-order valence-electron chi connectivity index (χ2n) is 9.15. The third kappa shape index (κ3) is 9.04. The second-order valence-corrected chi connectivity index (χ2v) is 10.3. The average Bonchev–Trinajstić information content (AvgIpc) is 2.95. The molecule has 1 N–H and O–H groups in total. The van der Waals surface area contributed by atoms with Crippen LogP contribution in [0.5, 0.6) is 5.75 Å². The van der Waals surface area contributed by atoms with E-state index in [4.69, 9.17) is 4.74 Å². The first-order chi connectivity index (χ1) is 19.1. The predicted molar refractivity (Wildman–Crippen MR) is 159 cm³/mol. The molecule has 5 nitrogen and oxygen atoms in total. The van der Waals surface area contributed by atoms with Crippen molar-refractivity contribution in [2.75, 3.05) is 18.0 Å². The number of carbonyl (C=O) groups is 2. The maximum absolute atomic E-state index is 13.3. The lowest BCUT2D eigenvalue weighted by atomic mass is 10.1. The molecule has 39 heavy (non-hydrogen) atoms. The smallest absolute Gasteiger partial charge is 0.321 e. The Balaban J connectivity index is 1.42. The van der Waals surface area contributed by atoms with Gasteiger partial charge in [-0.15, -0.1) is 0 Å². The van der Waals surface area contributed by atoms with E-state index in [9.17, 15) is 9.59 Å². The van der Waals surface area contributed by atoms with E-state index in [1.165, 1.54) is 11.1 Å². The highest BCUT2D eigenvalue weighted by Gasteiger charge is 2.16. The molecule has 0 radical (unpaired) electrons. The number of esters is 1. The Morgan fingerprint density at radius 3 is 2.10 bits per heavy atom. The second kappa shape index (κ2) is 14.8. The highest BCUT2D eigenvalue weighted by Crippen LogP contribution is 2.31. The molecule has 0 aliphatic heterocycles. The number of hydrogen-bond acceptors (Lipinski definition) is 4. The summed E-state index contributed by atoms with van der Waals surface area (Å²) in [5.74, 6) is 0.330. The van der Waals surface area contributed by atoms with E-state index in [-0.39, 0.29) is 12.0 Å². The average molecular weight is 539 g/mol. The highest BCUT2D eigenvalue weighted by molar-refractivity contribution is 7.99. The number of anilines is 1. The van der Waals surface area contributed by atoms with E-state index in [0.717, 1.165) is 34.7 Å². The zero-order chi connectivity index (χ0) is 27.3. The van der Waals surface area contributed by atoms with Crippen molar-refractivity contribution in [2.24, 2.45) is 0 Å². The third-order valence-electron chi connectivity index (χ3n) is 6.12. The largest absolute Gasteiger partial charge is 0.426 e. The van der Waals surface area contributed by atoms with Crippen molar-refractivity contribution < 1.29 is 14.3 Å². The number of amides is 2. The van der Waals surface area contributed by atoms with Crippen molar-refractivity contribution in [3.63, 3.8) is 0 Å². The summed E-state index contributed by atoms with van der Waals surface area (Å²) in [6.07, 6.45) is 2.70. The Labute approximate surface area is 235 Å². The van der Waals surface area contributed by atoms with Gasteiger partial charge >= 0.3 is 12.0 Å². The van der Waals surface area contributed by atoms with Gasteiger partial charge in [0, 0.05) is 35.0 Å². The summed E-state index contributed by atoms with van der Waals surface area (Å²) >= 11 is 1.58. The summed E-state index contributed by atoms with van der Waals surface area (Å²) < 4.78 is 5.43. The van der Waals surface area contributed by atoms with E-state index in [2.05, 4.69) is 29.6 Å². The molecule has 0 saturated heterocycles. The first-order valence-electron chi connectivity index (χ1n) is 13.3. The van der Waals surface area contributed by atoms with Crippen LogP contribution in [-0.4, -0.2) is 25.1 Å². The van der Waals surface area contributed by atoms with Crippen LogP contribution in [0.2, 0.25) is 0 Å². The van der Waals surface area contributed by atoms with Crippen LogP contribution < -0.4 is 15.0 Å². The van der Waals surface area contributed by atoms with Gasteiger partial charge < -0.3 is 10.1 Å². The molecule has 0 heterocycles. The van der Waals surface area contributed by atoms with Gasteiger partial charge in [0.1, 0.15) is 5.75 Å². The number of urea groups is 1. The lowest BCUT2D eigenvalue weighted by Crippen LogP contribution is -2.42. The molecule has 4 rings (SSSR count). The maximum atomic E-state index is 13.3. The Morgan fingerprint density at radius 1 is 0.769 bits per heavy atom. The van der Waals surface area contributed by atoms with Gasteiger partial charge in [-0.1, -0.05) is 85.4 Å². The van der Waals surface area contributed by atoms with Crippen LogP contribution in [-0.2, 0) is 17.6 Å². The van der Waals surface area contributed by atoms with Crippen molar-refractivity contribution in [1.29, 1.82) is 0 Å². The lowest BCUT2D eigenvalue weighted by Gasteiger charge is -2.24. The monoisotopic (exact) mass is 538 g/mol. The number of carbonyl (C=O) groups excluding carboxylic acids is 2. The molecule has 4 aromatic rings. The summed E-state index contributed by atoms with van der Waals surface area (Å²) in [5, 5.41) is 3.09. The molecular weight excluding hydrogens is 504 g/mol. The van der Waals surface area contributed by atoms with Gasteiger partial charge in [-0.25, -0.2) is 4.79 Å². The summed E-state index contributed by atoms with van der Waals surface area (Å²) in [4.78, 5) is 28.9. The van der Waals surface area contributed by atoms with Crippen molar-refractivity contribution >= 4 is 29.4 Å². The minimum absolute atomic E-state index is 0.108. The Kier molecular flexibility index (Phi) is 10.6. The first kappa shape index (κ1) is 28.0. The molecule has 0 aliphatic rings. The Hall–Kier alpha value is -4.03. The molecule has 0 fully saturated rings. The van der Waals surface area contributed by atoms with Gasteiger partial charge in [-0.2, -0.15) is 0 Å². The fourth-order valence-corrected chi connectivity index (χ4v) is 4.97. The molecule has 0 atom stereocenters. The number of nitrogens with zero attached hydrogens (tertiary/aromatic N) is 1. The quantitative estimate of drug-likeness (QED) is 0.149. The van der Waals surface area contributed by atoms with Gasteiger partial charge in [0.2, 0.25) is 0 Å². The van der Waals surface area contributed by atoms with Crippen LogP contribution in [0.15, 0.2) is 119 Å². The van der Waals surface area contributed by atoms with Gasteiger partial charge in [-0.3, -0.25) is 9.69 Å². The van der Waals surface area contributed by atoms with Gasteiger partial charge in [0.25, 0.3) is 0 Å². The summed E-state index contributed by atoms with van der Waals surface area (Å²) in [6, 6.07) is 35.8. The number of nitrogens with one attached hydrogen (secondary N) is 1. The van der Waals surface area contributed by atoms with Gasteiger partial charge in [0.05, 0.1) is 0 Å². The highest BCUT2D eigenvalue weighted by atomic mass is 32.2. The van der Waals surface area contributed by atoms with Crippen molar-refractivity contribution in [3.05, 3.63) is 120 Å². The molecule has 2 amide bonds. The molecule has 0 bridgehead atoms. The minimum atomic E-state index is -0.221. The topological polar surface area (TPSA) is 58.6 Å². The Bertz CT molecular complexity index is 1330. The van der Waals surface area contributed by atoms with Crippen LogP contribution in [0.1, 0.15) is 30.9 Å². The van der Waals surface area contributed by atoms with Gasteiger partial charge in [-0.05, 0) is 72.9 Å². The number of benzene rings is 4. The summed E-state index contributed by atoms with van der Waals surface area (Å²) in [5.41, 5.74) is 3.22. The van der Waals surface area contributed by atoms with Crippen LogP contribution in [0, 0.1) is 0 Å². The van der Waals surface area contributed by atoms with Crippen LogP contribution in [0.4, 0.5) is 10.5 Å². The van der Waals surface area contributed by atoms with Crippen LogP contribution in [0.3, 0.4) is 0 Å². The van der Waals surface area contributed by atoms with Crippen LogP contribution >= 0.6 is 11.8 Å². The van der Waals surface area contributed by atoms with E-state index in [0.29, 0.717) is 25.3 Å². The van der Waals surface area contributed by atoms with Crippen LogP contribution in [0.25, 0.3) is 0 Å². The zero-order valence-electron chi connectivity index (χ0n) is 22.2. The zero-order valence-corrected chi connectivity index (χ0v) is 23.0. The Morgan fingerprint density at radius 2 is 1.44 bits per heavy atom. The molecule has 0 aliphatic carbocycles. The third-order valence-corrected chi connectivity index (χ3v) is 7.12. The molecule has 200 valence electrons. The lowest BCUT2D eigenvalue weighted by molar-refractivity contribution is -0.134. The standard InChI is InChI=1S/C33H34N2O3S/c1-2-10-32(36)38-29-15-9-16-31(25-29)39-30-19-17-28(18-20-30)35(24-22-27-13-7-4-8-14-27)33(37)34-23-21-26-11-5-3-6-12-26/h3-9,11-20,25H,2,10,21-24H2,1H3,(H,34,37). The molecule has 6 heteroatoms. The number of ether oxygens (including phenoxy) is 1. The summed E-state index contributed by atoms with van der Waals surface area (Å²) in [7, 11) is 0. The predicted octanol–water partition coefficient (Wildman–Crippen LogP) is 7.54. The number of hydrogen-bond donors (Lipinski definition) is 1. The van der Waals surface area contributed by atoms with E-state index in [1.807, 2.05) is 85.8 Å². The van der Waals surface area contributed by atoms with E-state index >= 15 is 0 Å².